The van der Waals surface area contributed by atoms with Crippen molar-refractivity contribution in [2.24, 2.45) is 17.0 Å². The average Bonchev–Trinajstić information content (AvgIpc) is 3.91. The number of methoxy groups -OCH3 is 1. The third-order valence-corrected chi connectivity index (χ3v) is 15.9. The van der Waals surface area contributed by atoms with E-state index in [1.54, 1.807) is 7.11 Å². The molecular weight excluding hydrogens is 907 g/mol. The number of aliphatic hydroxyl groups is 2. The van der Waals surface area contributed by atoms with Gasteiger partial charge >= 0.3 is 6.09 Å². The van der Waals surface area contributed by atoms with Gasteiger partial charge in [0.05, 0.1) is 111 Å². The normalized spacial score (nSPS) is 41.2. The summed E-state index contributed by atoms with van der Waals surface area (Å²) < 4.78 is 70.6. The Morgan fingerprint density at radius 1 is 0.857 bits per heavy atom. The van der Waals surface area contributed by atoms with E-state index in [4.69, 9.17) is 52.1 Å². The van der Waals surface area contributed by atoms with Gasteiger partial charge in [0.15, 0.2) is 5.79 Å². The van der Waals surface area contributed by atoms with Crippen LogP contribution in [0.2, 0.25) is 0 Å². The second kappa shape index (κ2) is 23.9. The van der Waals surface area contributed by atoms with Crippen molar-refractivity contribution >= 4 is 11.8 Å². The van der Waals surface area contributed by atoms with Gasteiger partial charge in [-0.1, -0.05) is 25.2 Å². The minimum absolute atomic E-state index is 0.00499. The number of likely N-dealkylation sites (N-methyl/N-ethyl adjacent to an activating group) is 1. The molecule has 10 bridgehead atoms. The number of fused-ring (bicyclic) bond motifs is 9. The Hall–Kier alpha value is -2.30. The van der Waals surface area contributed by atoms with Crippen molar-refractivity contribution in [2.45, 2.75) is 221 Å². The van der Waals surface area contributed by atoms with Crippen LogP contribution >= 0.6 is 0 Å². The lowest BCUT2D eigenvalue weighted by molar-refractivity contribution is -0.276. The molecule has 0 radical (unpaired) electrons. The summed E-state index contributed by atoms with van der Waals surface area (Å²) in [4.78, 5) is 13.8. The smallest absolute Gasteiger partial charge is 0.407 e. The summed E-state index contributed by atoms with van der Waals surface area (Å²) in [6.45, 7) is 19.6. The molecule has 398 valence electrons. The first-order chi connectivity index (χ1) is 33.5. The van der Waals surface area contributed by atoms with Crippen molar-refractivity contribution in [1.82, 2.24) is 10.2 Å². The highest BCUT2D eigenvalue weighted by atomic mass is 16.7. The number of alkyl carbamates (subject to hydrolysis) is 1. The van der Waals surface area contributed by atoms with Crippen LogP contribution in [-0.4, -0.2) is 195 Å². The van der Waals surface area contributed by atoms with E-state index in [0.29, 0.717) is 110 Å². The van der Waals surface area contributed by atoms with E-state index < -0.39 is 48.0 Å². The summed E-state index contributed by atoms with van der Waals surface area (Å²) in [5, 5.41) is 40.1. The highest BCUT2D eigenvalue weighted by Crippen LogP contribution is 2.49. The van der Waals surface area contributed by atoms with Crippen LogP contribution in [0.1, 0.15) is 118 Å². The molecule has 4 N–H and O–H groups in total. The fraction of sp³-hybridized carbons (Fsp3) is 0.885. The van der Waals surface area contributed by atoms with Gasteiger partial charge in [0.1, 0.15) is 17.8 Å². The van der Waals surface area contributed by atoms with E-state index in [1.165, 1.54) is 0 Å². The van der Waals surface area contributed by atoms with Crippen molar-refractivity contribution in [1.29, 1.82) is 0 Å². The Balaban J connectivity index is 0.912. The van der Waals surface area contributed by atoms with E-state index in [-0.39, 0.29) is 72.9 Å². The molecule has 0 unspecified atom stereocenters. The van der Waals surface area contributed by atoms with Crippen LogP contribution < -0.4 is 5.32 Å². The van der Waals surface area contributed by atoms with Gasteiger partial charge in [-0.05, 0) is 96.2 Å². The predicted octanol–water partition coefficient (Wildman–Crippen LogP) is 5.21. The number of nitrogens with zero attached hydrogens (tertiary/aromatic N) is 2. The molecule has 18 heteroatoms. The number of oxime groups is 1. The van der Waals surface area contributed by atoms with Crippen molar-refractivity contribution in [3.8, 4) is 0 Å². The van der Waals surface area contributed by atoms with Crippen LogP contribution in [0, 0.1) is 11.8 Å². The van der Waals surface area contributed by atoms with E-state index in [1.807, 2.05) is 32.7 Å². The van der Waals surface area contributed by atoms with Gasteiger partial charge < -0.3 is 77.7 Å². The van der Waals surface area contributed by atoms with Crippen LogP contribution in [0.4, 0.5) is 4.79 Å². The molecule has 8 aliphatic heterocycles. The van der Waals surface area contributed by atoms with Crippen LogP contribution in [0.5, 0.6) is 0 Å². The van der Waals surface area contributed by atoms with Gasteiger partial charge in [-0.2, -0.15) is 0 Å². The summed E-state index contributed by atoms with van der Waals surface area (Å²) in [5.74, 6) is -0.951. The predicted molar refractivity (Wildman–Crippen MR) is 257 cm³/mol. The van der Waals surface area contributed by atoms with Crippen LogP contribution in [0.3, 0.4) is 0 Å². The van der Waals surface area contributed by atoms with Crippen molar-refractivity contribution in [3.05, 3.63) is 24.3 Å². The second-order valence-electron chi connectivity index (χ2n) is 22.5. The SMILES string of the molecule is C=C1C[C@@H]2CC[C@]34C[C@@H](O)[C@H](O3)[C@H]3C[C@@H](O4)[C@H]4O[C@H](CC[C@@H]4O3)C/C(=N\O)C[C@@H]3[C@@H](OC)[C@@H](C[C@H](O)CN(C)CCOCCOCCNC(=O)OC(C)(C)C)O[C@H]3C[C@H]3O[C@@H](CC[C@@H]1O2)C[C@@H](C)C3=C. The lowest BCUT2D eigenvalue weighted by Gasteiger charge is -2.47. The lowest BCUT2D eigenvalue weighted by atomic mass is 9.81. The first-order valence-corrected chi connectivity index (χ1v) is 26.4. The van der Waals surface area contributed by atoms with Crippen molar-refractivity contribution in [2.75, 3.05) is 60.2 Å². The standard InChI is InChI=1S/C52H85N3O15/c1-30-21-35-9-11-40-31(2)22-37(63-40)13-14-52-28-39(57)48(69-52)45-27-46(68-52)49-41(66-45)12-10-36(65-49)23-33(54-59)24-38-43(26-42(64-35)32(30)3)67-44(47(38)60-8)25-34(56)29-55(7)16-18-62-20-19-61-17-15-53-50(58)70-51(4,5)6/h30,34-49,56-57,59H,2-3,9-29H2,1,4-8H3,(H,53,58)/b54-33+/t30-,34+,35+,36-,37+,38+,39-,40+,41+,42-,43+,44-,45-,46-,47-,48+,49+,52-/m1/s1. The third-order valence-electron chi connectivity index (χ3n) is 15.9. The van der Waals surface area contributed by atoms with E-state index in [0.717, 1.165) is 43.3 Å². The monoisotopic (exact) mass is 992 g/mol. The molecule has 1 spiro atoms. The highest BCUT2D eigenvalue weighted by molar-refractivity contribution is 5.84. The molecule has 8 rings (SSSR count). The van der Waals surface area contributed by atoms with Gasteiger partial charge in [-0.3, -0.25) is 0 Å². The fourth-order valence-corrected chi connectivity index (χ4v) is 12.5. The van der Waals surface area contributed by atoms with Gasteiger partial charge in [0.2, 0.25) is 0 Å². The van der Waals surface area contributed by atoms with Crippen LogP contribution in [-0.2, 0) is 52.1 Å². The zero-order valence-corrected chi connectivity index (χ0v) is 42.7. The molecule has 0 aromatic carbocycles. The summed E-state index contributed by atoms with van der Waals surface area (Å²) in [6.07, 6.45) is 3.33. The van der Waals surface area contributed by atoms with Crippen molar-refractivity contribution < 1.29 is 72.3 Å². The zero-order valence-electron chi connectivity index (χ0n) is 42.7. The molecule has 8 saturated heterocycles. The number of hydrogen-bond acceptors (Lipinski definition) is 17. The molecule has 8 aliphatic rings. The topological polar surface area (TPSA) is 207 Å². The maximum absolute atomic E-state index is 11.8. The molecule has 8 fully saturated rings. The number of amides is 1. The largest absolute Gasteiger partial charge is 0.444 e. The minimum Gasteiger partial charge on any atom is -0.444 e. The first kappa shape index (κ1) is 54.0. The highest BCUT2D eigenvalue weighted by Gasteiger charge is 2.59. The van der Waals surface area contributed by atoms with Gasteiger partial charge in [0.25, 0.3) is 0 Å². The number of nitrogens with one attached hydrogen (secondary N) is 1. The third kappa shape index (κ3) is 13.7. The first-order valence-electron chi connectivity index (χ1n) is 26.4. The Kier molecular flexibility index (Phi) is 18.4. The van der Waals surface area contributed by atoms with Gasteiger partial charge in [0, 0.05) is 71.2 Å². The number of carbonyl (C=O) groups is 1. The molecule has 0 aromatic rings. The van der Waals surface area contributed by atoms with Gasteiger partial charge in [-0.25, -0.2) is 4.79 Å². The molecule has 1 amide bonds. The summed E-state index contributed by atoms with van der Waals surface area (Å²) in [5.41, 5.74) is 2.18. The maximum atomic E-state index is 11.8. The number of ether oxygens (including phenoxy) is 11. The van der Waals surface area contributed by atoms with E-state index in [2.05, 4.69) is 30.6 Å². The minimum atomic E-state index is -0.970. The molecular formula is C52H85N3O15. The Morgan fingerprint density at radius 2 is 1.61 bits per heavy atom. The molecule has 18 atom stereocenters. The van der Waals surface area contributed by atoms with Crippen LogP contribution in [0.25, 0.3) is 0 Å². The number of rotatable bonds is 14. The molecule has 0 aromatic heterocycles. The van der Waals surface area contributed by atoms with Crippen molar-refractivity contribution in [3.63, 3.8) is 0 Å². The Labute approximate surface area is 415 Å². The number of carbonyl (C=O) groups excluding carboxylic acids is 1. The molecule has 0 aliphatic carbocycles. The van der Waals surface area contributed by atoms with E-state index >= 15 is 0 Å². The maximum Gasteiger partial charge on any atom is 0.407 e. The zero-order chi connectivity index (χ0) is 49.7. The molecule has 18 nitrogen and oxygen atoms in total. The summed E-state index contributed by atoms with van der Waals surface area (Å²) >= 11 is 0. The lowest BCUT2D eigenvalue weighted by Crippen LogP contribution is -2.58. The molecule has 0 saturated carbocycles. The quantitative estimate of drug-likeness (QED) is 0.0763. The number of aliphatic hydroxyl groups excluding tert-OH is 2. The summed E-state index contributed by atoms with van der Waals surface area (Å²) in [7, 11) is 3.63. The average molecular weight is 992 g/mol. The van der Waals surface area contributed by atoms with Gasteiger partial charge in [-0.15, -0.1) is 0 Å². The second-order valence-corrected chi connectivity index (χ2v) is 22.5. The Morgan fingerprint density at radius 3 is 2.39 bits per heavy atom. The number of hydrogen-bond donors (Lipinski definition) is 4. The summed E-state index contributed by atoms with van der Waals surface area (Å²) in [6, 6.07) is 0. The molecule has 8 heterocycles. The Bertz CT molecular complexity index is 1780. The van der Waals surface area contributed by atoms with E-state index in [9.17, 15) is 20.2 Å². The molecule has 70 heavy (non-hydrogen) atoms. The van der Waals surface area contributed by atoms with Crippen LogP contribution in [0.15, 0.2) is 29.5 Å². The fourth-order valence-electron chi connectivity index (χ4n) is 12.5.